The van der Waals surface area contributed by atoms with Crippen LogP contribution in [0.5, 0.6) is 0 Å². The number of anilines is 10. The van der Waals surface area contributed by atoms with Gasteiger partial charge in [0.2, 0.25) is 35.7 Å². The fourth-order valence-electron chi connectivity index (χ4n) is 6.20. The van der Waals surface area contributed by atoms with Crippen LogP contribution in [0.3, 0.4) is 0 Å². The molecule has 1 saturated heterocycles. The maximum atomic E-state index is 12.7. The molecule has 20 nitrogen and oxygen atoms in total. The standard InChI is InChI=1S/C40H42N12O8S2/c1-2-51(19-22-53)39-47-35(41-29-9-5-3-6-10-29)45-37(48-39)43-31-17-15-27(33(25-31)61(54,55)56)13-14-28-16-18-32(26-34(28)62(57,58)59)44-38-46-36(42-30-11-7-4-8-12-30)49-40(50-38)52-20-23-60-24-21-52/h3-18,25-26,53H,2,19-24H2,1H3,(H,54,55,56)(H,57,58,59)(H2,41,43,45,47,48)(H2,42,44,46,49,50)/b14-13+. The maximum absolute atomic E-state index is 12.7. The number of hydrogen-bond acceptors (Lipinski definition) is 18. The highest BCUT2D eigenvalue weighted by Crippen LogP contribution is 2.29. The Bertz CT molecular complexity index is 2590. The summed E-state index contributed by atoms with van der Waals surface area (Å²) in [5.41, 5.74) is 1.79. The van der Waals surface area contributed by atoms with Gasteiger partial charge in [0.1, 0.15) is 9.79 Å². The molecule has 1 aliphatic heterocycles. The Hall–Kier alpha value is -6.82. The van der Waals surface area contributed by atoms with E-state index in [1.165, 1.54) is 42.5 Å². The number of hydrogen-bond donors (Lipinski definition) is 7. The SMILES string of the molecule is CCN(CCO)c1nc(Nc2ccccc2)nc(Nc2ccc(/C=C/c3ccc(Nc4nc(Nc5ccccc5)nc(N5CCOCC5)n4)cc3S(=O)(=O)O)c(S(=O)(=O)O)c2)n1. The fraction of sp³-hybridized carbons (Fsp3) is 0.200. The first-order chi connectivity index (χ1) is 29.8. The zero-order valence-electron chi connectivity index (χ0n) is 33.1. The van der Waals surface area contributed by atoms with E-state index in [0.717, 1.165) is 11.8 Å². The summed E-state index contributed by atoms with van der Waals surface area (Å²) in [6, 6.07) is 26.6. The van der Waals surface area contributed by atoms with E-state index < -0.39 is 30.0 Å². The van der Waals surface area contributed by atoms with Crippen molar-refractivity contribution in [3.05, 3.63) is 108 Å². The van der Waals surface area contributed by atoms with Crippen LogP contribution in [-0.2, 0) is 25.0 Å². The number of aliphatic hydroxyl groups is 1. The van der Waals surface area contributed by atoms with Gasteiger partial charge in [-0.25, -0.2) is 0 Å². The van der Waals surface area contributed by atoms with Gasteiger partial charge in [-0.15, -0.1) is 0 Å². The lowest BCUT2D eigenvalue weighted by atomic mass is 10.1. The third-order valence-corrected chi connectivity index (χ3v) is 11.0. The second-order valence-corrected chi connectivity index (χ2v) is 16.3. The number of benzene rings is 4. The van der Waals surface area contributed by atoms with Crippen molar-refractivity contribution in [2.75, 3.05) is 77.1 Å². The monoisotopic (exact) mass is 882 g/mol. The van der Waals surface area contributed by atoms with Crippen LogP contribution in [0.1, 0.15) is 18.1 Å². The second kappa shape index (κ2) is 19.3. The summed E-state index contributed by atoms with van der Waals surface area (Å²) >= 11 is 0. The molecule has 0 spiro atoms. The van der Waals surface area contributed by atoms with Gasteiger partial charge in [0.15, 0.2) is 0 Å². The van der Waals surface area contributed by atoms with Gasteiger partial charge >= 0.3 is 0 Å². The zero-order chi connectivity index (χ0) is 43.7. The molecule has 1 aliphatic rings. The number of rotatable bonds is 17. The lowest BCUT2D eigenvalue weighted by Crippen LogP contribution is -2.37. The predicted molar refractivity (Wildman–Crippen MR) is 235 cm³/mol. The first kappa shape index (κ1) is 43.3. The summed E-state index contributed by atoms with van der Waals surface area (Å²) in [6.45, 7) is 4.45. The molecule has 1 fully saturated rings. The van der Waals surface area contributed by atoms with Crippen LogP contribution in [-0.4, -0.2) is 107 Å². The Morgan fingerprint density at radius 1 is 0.629 bits per heavy atom. The molecule has 0 saturated carbocycles. The van der Waals surface area contributed by atoms with E-state index in [0.29, 0.717) is 44.5 Å². The summed E-state index contributed by atoms with van der Waals surface area (Å²) in [6.07, 6.45) is 2.56. The van der Waals surface area contributed by atoms with Gasteiger partial charge in [-0.1, -0.05) is 60.7 Å². The summed E-state index contributed by atoms with van der Waals surface area (Å²) in [7, 11) is -9.70. The van der Waals surface area contributed by atoms with E-state index in [9.17, 15) is 31.0 Å². The number of likely N-dealkylation sites (N-methyl/N-ethyl adjacent to an activating group) is 1. The molecule has 0 atom stereocenters. The fourth-order valence-corrected chi connectivity index (χ4v) is 7.62. The molecular formula is C40H42N12O8S2. The molecule has 4 aromatic carbocycles. The molecule has 7 rings (SSSR count). The lowest BCUT2D eigenvalue weighted by Gasteiger charge is -2.27. The molecule has 0 radical (unpaired) electrons. The van der Waals surface area contributed by atoms with Crippen LogP contribution < -0.4 is 31.1 Å². The van der Waals surface area contributed by atoms with Crippen molar-refractivity contribution in [1.82, 2.24) is 29.9 Å². The summed E-state index contributed by atoms with van der Waals surface area (Å²) in [5, 5.41) is 21.8. The Balaban J connectivity index is 1.17. The zero-order valence-corrected chi connectivity index (χ0v) is 34.8. The number of ether oxygens (including phenoxy) is 1. The van der Waals surface area contributed by atoms with E-state index in [1.807, 2.05) is 72.5 Å². The minimum absolute atomic E-state index is 0.00265. The van der Waals surface area contributed by atoms with Crippen LogP contribution in [0, 0.1) is 0 Å². The van der Waals surface area contributed by atoms with Gasteiger partial charge in [0.25, 0.3) is 20.2 Å². The van der Waals surface area contributed by atoms with E-state index in [2.05, 4.69) is 51.2 Å². The van der Waals surface area contributed by atoms with Crippen LogP contribution in [0.15, 0.2) is 107 Å². The number of nitrogens with zero attached hydrogens (tertiary/aromatic N) is 8. The van der Waals surface area contributed by atoms with Crippen molar-refractivity contribution < 1.29 is 35.8 Å². The Morgan fingerprint density at radius 2 is 1.06 bits per heavy atom. The maximum Gasteiger partial charge on any atom is 0.295 e. The molecule has 0 unspecified atom stereocenters. The summed E-state index contributed by atoms with van der Waals surface area (Å²) < 4.78 is 76.9. The van der Waals surface area contributed by atoms with E-state index >= 15 is 0 Å². The van der Waals surface area contributed by atoms with Crippen molar-refractivity contribution in [3.63, 3.8) is 0 Å². The highest BCUT2D eigenvalue weighted by Gasteiger charge is 2.21. The molecular weight excluding hydrogens is 841 g/mol. The van der Waals surface area contributed by atoms with E-state index in [1.54, 1.807) is 4.90 Å². The van der Waals surface area contributed by atoms with Crippen molar-refractivity contribution in [2.45, 2.75) is 16.7 Å². The van der Waals surface area contributed by atoms with Gasteiger partial charge in [-0.3, -0.25) is 9.11 Å². The largest absolute Gasteiger partial charge is 0.395 e. The van der Waals surface area contributed by atoms with E-state index in [4.69, 9.17) is 4.74 Å². The number of aliphatic hydroxyl groups excluding tert-OH is 1. The summed E-state index contributed by atoms with van der Waals surface area (Å²) in [5.74, 6) is 1.10. The van der Waals surface area contributed by atoms with Crippen molar-refractivity contribution in [3.8, 4) is 0 Å². The highest BCUT2D eigenvalue weighted by molar-refractivity contribution is 7.86. The van der Waals surface area contributed by atoms with Crippen LogP contribution in [0.4, 0.5) is 58.4 Å². The molecule has 22 heteroatoms. The van der Waals surface area contributed by atoms with Crippen molar-refractivity contribution in [2.24, 2.45) is 0 Å². The minimum Gasteiger partial charge on any atom is -0.395 e. The lowest BCUT2D eigenvalue weighted by molar-refractivity contribution is 0.122. The molecule has 2 aromatic heterocycles. The Labute approximate surface area is 357 Å². The third kappa shape index (κ3) is 11.3. The molecule has 322 valence electrons. The molecule has 0 amide bonds. The van der Waals surface area contributed by atoms with Crippen molar-refractivity contribution in [1.29, 1.82) is 0 Å². The molecule has 6 aromatic rings. The molecule has 3 heterocycles. The molecule has 7 N–H and O–H groups in total. The normalized spacial score (nSPS) is 13.2. The van der Waals surface area contributed by atoms with Gasteiger partial charge in [-0.2, -0.15) is 46.7 Å². The Kier molecular flexibility index (Phi) is 13.4. The topological polar surface area (TPSA) is 270 Å². The third-order valence-electron chi connectivity index (χ3n) is 9.17. The highest BCUT2D eigenvalue weighted by atomic mass is 32.2. The van der Waals surface area contributed by atoms with Crippen LogP contribution >= 0.6 is 0 Å². The number of para-hydroxylation sites is 2. The first-order valence-corrected chi connectivity index (χ1v) is 22.0. The molecule has 0 aliphatic carbocycles. The first-order valence-electron chi connectivity index (χ1n) is 19.1. The summed E-state index contributed by atoms with van der Waals surface area (Å²) in [4.78, 5) is 29.6. The second-order valence-electron chi connectivity index (χ2n) is 13.5. The smallest absolute Gasteiger partial charge is 0.295 e. The van der Waals surface area contributed by atoms with E-state index in [-0.39, 0.29) is 65.4 Å². The number of nitrogens with one attached hydrogen (secondary N) is 4. The quantitative estimate of drug-likeness (QED) is 0.0449. The minimum atomic E-state index is -4.85. The molecule has 62 heavy (non-hydrogen) atoms. The molecule has 0 bridgehead atoms. The van der Waals surface area contributed by atoms with Gasteiger partial charge < -0.3 is 40.9 Å². The number of morpholine rings is 1. The average Bonchev–Trinajstić information content (AvgIpc) is 3.25. The Morgan fingerprint density at radius 3 is 1.48 bits per heavy atom. The van der Waals surface area contributed by atoms with Gasteiger partial charge in [-0.05, 0) is 66.6 Å². The van der Waals surface area contributed by atoms with Crippen LogP contribution in [0.25, 0.3) is 12.2 Å². The average molecular weight is 883 g/mol. The number of aromatic nitrogens is 6. The van der Waals surface area contributed by atoms with Gasteiger partial charge in [0.05, 0.1) is 19.8 Å². The predicted octanol–water partition coefficient (Wildman–Crippen LogP) is 5.35. The van der Waals surface area contributed by atoms with Gasteiger partial charge in [0, 0.05) is 48.9 Å². The van der Waals surface area contributed by atoms with Crippen molar-refractivity contribution >= 4 is 90.8 Å². The van der Waals surface area contributed by atoms with Crippen LogP contribution in [0.2, 0.25) is 0 Å².